The molecule has 0 amide bonds. The van der Waals surface area contributed by atoms with Crippen molar-refractivity contribution >= 4 is 19.7 Å². The summed E-state index contributed by atoms with van der Waals surface area (Å²) in [5.74, 6) is 0. The van der Waals surface area contributed by atoms with Crippen molar-refractivity contribution < 1.29 is 76.6 Å². The van der Waals surface area contributed by atoms with Crippen LogP contribution in [0.25, 0.3) is 0 Å². The summed E-state index contributed by atoms with van der Waals surface area (Å²) in [5, 5.41) is 4.08. The van der Waals surface area contributed by atoms with Gasteiger partial charge in [-0.1, -0.05) is 233 Å². The smallest absolute Gasteiger partial charge is 1.00 e. The molecule has 1 fully saturated rings. The second-order valence-electron chi connectivity index (χ2n) is 6.39. The molecule has 1 saturated heterocycles. The number of hydrogen-bond donors (Lipinski definition) is 0. The van der Waals surface area contributed by atoms with E-state index in [1.165, 1.54) is 24.7 Å². The summed E-state index contributed by atoms with van der Waals surface area (Å²) in [6, 6.07) is 16.1. The van der Waals surface area contributed by atoms with E-state index in [9.17, 15) is 4.79 Å². The Labute approximate surface area is 457 Å². The Balaban J connectivity index is -0.0000000154. The zero-order valence-corrected chi connectivity index (χ0v) is 45.4. The summed E-state index contributed by atoms with van der Waals surface area (Å²) in [5.41, 5.74) is -0.0220. The SMILES string of the molecule is C.C.C.C.C.C.C.C1=CCC=C1.CC.CC.CC.CC.CC.CC.CC.CC.CC.CC.CC1OC1C.F.O.O=c1ccocc1.[B].[H-].[K+].c1ccncc1.c1ccoc1.c1ccsc1. The van der Waals surface area contributed by atoms with Gasteiger partial charge in [-0.3, -0.25) is 14.5 Å². The number of halogens is 1. The van der Waals surface area contributed by atoms with E-state index >= 15 is 0 Å². The van der Waals surface area contributed by atoms with Crippen molar-refractivity contribution in [3.63, 3.8) is 0 Å². The topological polar surface area (TPSA) is 100 Å². The number of aromatic nitrogens is 1. The van der Waals surface area contributed by atoms with E-state index in [0.29, 0.717) is 12.2 Å². The van der Waals surface area contributed by atoms with Crippen molar-refractivity contribution in [1.82, 2.24) is 4.98 Å². The number of thiophene rings is 1. The minimum Gasteiger partial charge on any atom is -1.00 e. The first-order chi connectivity index (χ1) is 26.2. The molecule has 10 heteroatoms. The number of rotatable bonds is 0. The van der Waals surface area contributed by atoms with Crippen LogP contribution < -0.4 is 56.8 Å². The summed E-state index contributed by atoms with van der Waals surface area (Å²) >= 11 is 1.71. The van der Waals surface area contributed by atoms with Crippen molar-refractivity contribution in [2.24, 2.45) is 0 Å². The molecule has 4 aromatic heterocycles. The van der Waals surface area contributed by atoms with Gasteiger partial charge < -0.3 is 20.5 Å². The molecule has 2 atom stereocenters. The number of pyridine rings is 1. The molecule has 5 heterocycles. The van der Waals surface area contributed by atoms with Gasteiger partial charge in [0.2, 0.25) is 0 Å². The van der Waals surface area contributed by atoms with Crippen LogP contribution in [0, 0.1) is 0 Å². The van der Waals surface area contributed by atoms with E-state index < -0.39 is 0 Å². The minimum absolute atomic E-state index is 0. The first-order valence-corrected chi connectivity index (χ1v) is 21.4. The summed E-state index contributed by atoms with van der Waals surface area (Å²) in [6.45, 7) is 44.1. The molecule has 64 heavy (non-hydrogen) atoms. The van der Waals surface area contributed by atoms with Crippen molar-refractivity contribution in [3.05, 3.63) is 137 Å². The van der Waals surface area contributed by atoms with Crippen LogP contribution in [0.2, 0.25) is 0 Å². The molecular weight excluding hydrogens is 844 g/mol. The van der Waals surface area contributed by atoms with E-state index in [1.54, 1.807) is 36.3 Å². The van der Waals surface area contributed by atoms with Crippen molar-refractivity contribution in [1.29, 1.82) is 0 Å². The number of nitrogens with zero attached hydrogens (tertiary/aromatic N) is 1. The van der Waals surface area contributed by atoms with E-state index in [4.69, 9.17) is 4.74 Å². The molecule has 1 aliphatic heterocycles. The normalized spacial score (nSPS) is 9.09. The fourth-order valence-electron chi connectivity index (χ4n) is 1.77. The minimum atomic E-state index is -0.0220. The molecule has 2 N–H and O–H groups in total. The maximum Gasteiger partial charge on any atom is 1.00 e. The zero-order chi connectivity index (χ0) is 43.8. The van der Waals surface area contributed by atoms with E-state index in [0.717, 1.165) is 6.42 Å². The van der Waals surface area contributed by atoms with Crippen molar-refractivity contribution in [2.75, 3.05) is 0 Å². The molecule has 2 aliphatic rings. The number of hydrogen-bond acceptors (Lipinski definition) is 6. The quantitative estimate of drug-likeness (QED) is 0.129. The third kappa shape index (κ3) is 192. The third-order valence-corrected chi connectivity index (χ3v) is 4.34. The van der Waals surface area contributed by atoms with Crippen LogP contribution in [0.1, 0.15) is 212 Å². The van der Waals surface area contributed by atoms with Gasteiger partial charge in [-0.2, -0.15) is 11.3 Å². The van der Waals surface area contributed by atoms with Gasteiger partial charge in [0.25, 0.3) is 0 Å². The third-order valence-electron chi connectivity index (χ3n) is 3.71. The molecule has 0 spiro atoms. The van der Waals surface area contributed by atoms with E-state index in [1.807, 2.05) is 192 Å². The van der Waals surface area contributed by atoms with Crippen LogP contribution in [0.3, 0.4) is 0 Å². The predicted octanol–water partition coefficient (Wildman–Crippen LogP) is 17.8. The van der Waals surface area contributed by atoms with Gasteiger partial charge in [0, 0.05) is 32.9 Å². The van der Waals surface area contributed by atoms with Crippen LogP contribution >= 0.6 is 11.3 Å². The summed E-state index contributed by atoms with van der Waals surface area (Å²) < 4.78 is 14.1. The fourth-order valence-corrected chi connectivity index (χ4v) is 2.22. The zero-order valence-electron chi connectivity index (χ0n) is 42.5. The van der Waals surface area contributed by atoms with Gasteiger partial charge >= 0.3 is 51.4 Å². The first-order valence-electron chi connectivity index (χ1n) is 20.5. The molecule has 6 nitrogen and oxygen atoms in total. The monoisotopic (exact) mass is 967 g/mol. The van der Waals surface area contributed by atoms with Crippen LogP contribution in [0.15, 0.2) is 141 Å². The van der Waals surface area contributed by atoms with E-state index in [2.05, 4.69) is 52.0 Å². The molecule has 391 valence electrons. The number of ether oxygens (including phenoxy) is 1. The molecule has 0 aromatic carbocycles. The Morgan fingerprint density at radius 3 is 0.859 bits per heavy atom. The Morgan fingerprint density at radius 2 is 0.766 bits per heavy atom. The Morgan fingerprint density at radius 1 is 0.500 bits per heavy atom. The average molecular weight is 968 g/mol. The first kappa shape index (κ1) is 137. The van der Waals surface area contributed by atoms with Crippen LogP contribution in [0.5, 0.6) is 0 Å². The fraction of sp³-hybridized carbons (Fsp3) is 0.593. The summed E-state index contributed by atoms with van der Waals surface area (Å²) in [7, 11) is 0. The molecule has 0 bridgehead atoms. The van der Waals surface area contributed by atoms with E-state index in [-0.39, 0.29) is 129 Å². The number of furan rings is 1. The molecular formula is C54H123BFKNO5S. The van der Waals surface area contributed by atoms with Gasteiger partial charge in [-0.05, 0) is 55.3 Å². The van der Waals surface area contributed by atoms with Crippen molar-refractivity contribution in [2.45, 2.75) is 223 Å². The summed E-state index contributed by atoms with van der Waals surface area (Å²) in [4.78, 5) is 14.0. The second kappa shape index (κ2) is 190. The van der Waals surface area contributed by atoms with Crippen LogP contribution in [-0.2, 0) is 4.74 Å². The Kier molecular flexibility index (Phi) is 407. The molecule has 1 aliphatic carbocycles. The average Bonchev–Trinajstić information content (AvgIpc) is 4.01. The maximum atomic E-state index is 10.2. The van der Waals surface area contributed by atoms with Gasteiger partial charge in [0.1, 0.15) is 0 Å². The molecule has 2 unspecified atom stereocenters. The van der Waals surface area contributed by atoms with Gasteiger partial charge in [0.05, 0.1) is 37.3 Å². The number of allylic oxidation sites excluding steroid dienone is 4. The predicted molar refractivity (Wildman–Crippen MR) is 309 cm³/mol. The molecule has 0 saturated carbocycles. The van der Waals surface area contributed by atoms with Gasteiger partial charge in [-0.15, -0.1) is 0 Å². The summed E-state index contributed by atoms with van der Waals surface area (Å²) in [6.07, 6.45) is 20.1. The van der Waals surface area contributed by atoms with Crippen LogP contribution in [-0.4, -0.2) is 31.1 Å². The molecule has 4 aromatic rings. The molecule has 3 radical (unpaired) electrons. The Hall–Kier alpha value is -1.89. The van der Waals surface area contributed by atoms with Gasteiger partial charge in [-0.25, -0.2) is 0 Å². The number of epoxide rings is 1. The van der Waals surface area contributed by atoms with Crippen molar-refractivity contribution in [3.8, 4) is 0 Å². The van der Waals surface area contributed by atoms with Crippen LogP contribution in [0.4, 0.5) is 4.70 Å². The maximum absolute atomic E-state index is 10.2. The second-order valence-corrected chi connectivity index (χ2v) is 7.21. The standard InChI is InChI=1S/C5H5N.C5H4O2.C5H6.C4H8O.C4H4O.C4H4S.10C2H6.7CH4.B.FH.K.H2O.H/c1-2-4-6-5-3-1;6-5-1-3-7-4-2-5;1-2-4-5-3-1;1-3-4(2)5-3;2*1-2-4-5-3-1;10*1-2;;;;;;;;;;;;/h1-5H;1-4H;1-4H,5H2;3-4H,1-2H3;2*1-4H;10*1-2H3;7*1H4;;1H;;1H2;/q;;;;;;;;;;;;;;;;;;;;;;;;;+1;;-1. The van der Waals surface area contributed by atoms with Gasteiger partial charge in [0.15, 0.2) is 5.43 Å². The Bertz CT molecular complexity index is 899. The largest absolute Gasteiger partial charge is 1.00 e. The molecule has 6 rings (SSSR count).